The van der Waals surface area contributed by atoms with Crippen LogP contribution >= 0.6 is 0 Å². The average molecular weight is 273 g/mol. The number of nitrogens with one attached hydrogen (secondary N) is 1. The number of benzene rings is 1. The van der Waals surface area contributed by atoms with Gasteiger partial charge in [0.2, 0.25) is 0 Å². The molecule has 1 aliphatic heterocycles. The second-order valence-corrected chi connectivity index (χ2v) is 5.20. The molecule has 0 bridgehead atoms. The first-order valence-corrected chi connectivity index (χ1v) is 7.30. The topological polar surface area (TPSA) is 48.3 Å². The van der Waals surface area contributed by atoms with Crippen LogP contribution in [0.5, 0.6) is 5.75 Å². The van der Waals surface area contributed by atoms with Crippen LogP contribution in [-0.4, -0.2) is 37.7 Å². The molecule has 20 heavy (non-hydrogen) atoms. The number of hydrogen-bond acceptors (Lipinski definition) is 4. The van der Waals surface area contributed by atoms with E-state index in [-0.39, 0.29) is 0 Å². The Kier molecular flexibility index (Phi) is 5.40. The van der Waals surface area contributed by atoms with E-state index < -0.39 is 0 Å². The van der Waals surface area contributed by atoms with Crippen molar-refractivity contribution in [2.45, 2.75) is 32.4 Å². The van der Waals surface area contributed by atoms with Crippen LogP contribution < -0.4 is 10.1 Å². The van der Waals surface area contributed by atoms with Crippen LogP contribution in [0.4, 0.5) is 0 Å². The Balaban J connectivity index is 1.87. The van der Waals surface area contributed by atoms with Crippen LogP contribution in [-0.2, 0) is 6.54 Å². The molecule has 0 spiro atoms. The molecule has 0 amide bonds. The number of nitriles is 1. The fraction of sp³-hybridized carbons (Fsp3) is 0.562. The zero-order valence-electron chi connectivity index (χ0n) is 12.4. The predicted octanol–water partition coefficient (Wildman–Crippen LogP) is 2.14. The van der Waals surface area contributed by atoms with Crippen LogP contribution in [0.3, 0.4) is 0 Å². The number of nitrogens with zero attached hydrogens (tertiary/aromatic N) is 2. The van der Waals surface area contributed by atoms with Gasteiger partial charge < -0.3 is 10.1 Å². The van der Waals surface area contributed by atoms with Gasteiger partial charge in [-0.25, -0.2) is 0 Å². The molecular weight excluding hydrogens is 250 g/mol. The normalized spacial score (nSPS) is 18.9. The van der Waals surface area contributed by atoms with Crippen molar-refractivity contribution in [1.82, 2.24) is 10.2 Å². The molecule has 1 aromatic carbocycles. The number of rotatable bonds is 6. The van der Waals surface area contributed by atoms with Crippen molar-refractivity contribution in [3.8, 4) is 11.8 Å². The highest BCUT2D eigenvalue weighted by atomic mass is 16.5. The molecule has 4 heteroatoms. The fourth-order valence-corrected chi connectivity index (χ4v) is 2.88. The smallest absolute Gasteiger partial charge is 0.136 e. The summed E-state index contributed by atoms with van der Waals surface area (Å²) in [6.45, 7) is 6.40. The van der Waals surface area contributed by atoms with E-state index in [2.05, 4.69) is 23.2 Å². The zero-order chi connectivity index (χ0) is 14.4. The lowest BCUT2D eigenvalue weighted by molar-refractivity contribution is 0.260. The van der Waals surface area contributed by atoms with E-state index in [0.717, 1.165) is 25.2 Å². The van der Waals surface area contributed by atoms with Crippen molar-refractivity contribution in [2.24, 2.45) is 0 Å². The van der Waals surface area contributed by atoms with Crippen LogP contribution in [0.15, 0.2) is 18.2 Å². The first-order chi connectivity index (χ1) is 9.78. The highest BCUT2D eigenvalue weighted by Crippen LogP contribution is 2.19. The molecule has 0 radical (unpaired) electrons. The summed E-state index contributed by atoms with van der Waals surface area (Å²) in [4.78, 5) is 2.53. The van der Waals surface area contributed by atoms with Crippen molar-refractivity contribution in [3.63, 3.8) is 0 Å². The van der Waals surface area contributed by atoms with E-state index in [4.69, 9.17) is 10.00 Å². The molecule has 1 aliphatic rings. The third-order valence-corrected chi connectivity index (χ3v) is 4.00. The molecule has 1 N–H and O–H groups in total. The maximum atomic E-state index is 9.08. The molecule has 108 valence electrons. The monoisotopic (exact) mass is 273 g/mol. The molecular formula is C16H23N3O. The second-order valence-electron chi connectivity index (χ2n) is 5.20. The van der Waals surface area contributed by atoms with Crippen molar-refractivity contribution in [3.05, 3.63) is 29.3 Å². The molecule has 1 fully saturated rings. The molecule has 2 rings (SSSR count). The van der Waals surface area contributed by atoms with E-state index in [1.807, 2.05) is 18.2 Å². The summed E-state index contributed by atoms with van der Waals surface area (Å²) >= 11 is 0. The molecule has 1 heterocycles. The quantitative estimate of drug-likeness (QED) is 0.862. The van der Waals surface area contributed by atoms with Crippen LogP contribution in [0.25, 0.3) is 0 Å². The summed E-state index contributed by atoms with van der Waals surface area (Å²) in [5.74, 6) is 0.643. The highest BCUT2D eigenvalue weighted by molar-refractivity contribution is 5.45. The third kappa shape index (κ3) is 3.50. The molecule has 4 nitrogen and oxygen atoms in total. The van der Waals surface area contributed by atoms with Crippen LogP contribution in [0.2, 0.25) is 0 Å². The van der Waals surface area contributed by atoms with Gasteiger partial charge in [-0.1, -0.05) is 13.0 Å². The van der Waals surface area contributed by atoms with Gasteiger partial charge in [0.05, 0.1) is 12.7 Å². The number of hydrogen-bond donors (Lipinski definition) is 1. The van der Waals surface area contributed by atoms with Crippen LogP contribution in [0, 0.1) is 11.3 Å². The maximum absolute atomic E-state index is 9.08. The molecule has 1 atom stereocenters. The average Bonchev–Trinajstić information content (AvgIpc) is 2.94. The highest BCUT2D eigenvalue weighted by Gasteiger charge is 2.22. The lowest BCUT2D eigenvalue weighted by atomic mass is 10.1. The van der Waals surface area contributed by atoms with Crippen molar-refractivity contribution in [1.29, 1.82) is 5.26 Å². The van der Waals surface area contributed by atoms with Crippen molar-refractivity contribution >= 4 is 0 Å². The van der Waals surface area contributed by atoms with Gasteiger partial charge in [-0.15, -0.1) is 0 Å². The number of methoxy groups -OCH3 is 1. The van der Waals surface area contributed by atoms with Gasteiger partial charge in [0.15, 0.2) is 0 Å². The Morgan fingerprint density at radius 3 is 3.05 bits per heavy atom. The Morgan fingerprint density at radius 2 is 2.35 bits per heavy atom. The zero-order valence-corrected chi connectivity index (χ0v) is 12.4. The van der Waals surface area contributed by atoms with Crippen molar-refractivity contribution < 1.29 is 4.74 Å². The lowest BCUT2D eigenvalue weighted by Gasteiger charge is -2.23. The fourth-order valence-electron chi connectivity index (χ4n) is 2.88. The summed E-state index contributed by atoms with van der Waals surface area (Å²) < 4.78 is 5.16. The van der Waals surface area contributed by atoms with Gasteiger partial charge in [0.25, 0.3) is 0 Å². The number of likely N-dealkylation sites (N-methyl/N-ethyl adjacent to an activating group) is 1. The second kappa shape index (κ2) is 7.28. The van der Waals surface area contributed by atoms with Gasteiger partial charge in [-0.3, -0.25) is 4.90 Å². The molecule has 0 aliphatic carbocycles. The SMILES string of the molecule is CCN1CCCC1CNCc1ccc(OC)c(C#N)c1. The summed E-state index contributed by atoms with van der Waals surface area (Å²) in [6, 6.07) is 8.61. The Hall–Kier alpha value is -1.57. The van der Waals surface area contributed by atoms with E-state index in [1.165, 1.54) is 19.4 Å². The van der Waals surface area contributed by atoms with Gasteiger partial charge in [-0.2, -0.15) is 5.26 Å². The first kappa shape index (κ1) is 14.8. The minimum absolute atomic E-state index is 0.600. The Bertz CT molecular complexity index is 481. The minimum Gasteiger partial charge on any atom is -0.495 e. The summed E-state index contributed by atoms with van der Waals surface area (Å²) in [5.41, 5.74) is 1.73. The predicted molar refractivity (Wildman–Crippen MR) is 79.7 cm³/mol. The summed E-state index contributed by atoms with van der Waals surface area (Å²) in [5, 5.41) is 12.6. The molecule has 0 saturated carbocycles. The molecule has 1 aromatic rings. The Morgan fingerprint density at radius 1 is 1.50 bits per heavy atom. The van der Waals surface area contributed by atoms with E-state index in [1.54, 1.807) is 7.11 Å². The maximum Gasteiger partial charge on any atom is 0.136 e. The summed E-state index contributed by atoms with van der Waals surface area (Å²) in [7, 11) is 1.59. The third-order valence-electron chi connectivity index (χ3n) is 4.00. The van der Waals surface area contributed by atoms with Gasteiger partial charge in [-0.05, 0) is 43.6 Å². The minimum atomic E-state index is 0.600. The van der Waals surface area contributed by atoms with E-state index >= 15 is 0 Å². The van der Waals surface area contributed by atoms with Gasteiger partial charge in [0, 0.05) is 19.1 Å². The number of ether oxygens (including phenoxy) is 1. The molecule has 0 aromatic heterocycles. The largest absolute Gasteiger partial charge is 0.495 e. The standard InChI is InChI=1S/C16H23N3O/c1-3-19-8-4-5-15(19)12-18-11-13-6-7-16(20-2)14(9-13)10-17/h6-7,9,15,18H,3-5,8,11-12H2,1-2H3. The Labute approximate surface area is 121 Å². The van der Waals surface area contributed by atoms with Gasteiger partial charge in [0.1, 0.15) is 11.8 Å². The van der Waals surface area contributed by atoms with Crippen molar-refractivity contribution in [2.75, 3.05) is 26.7 Å². The van der Waals surface area contributed by atoms with Crippen LogP contribution in [0.1, 0.15) is 30.9 Å². The first-order valence-electron chi connectivity index (χ1n) is 7.30. The van der Waals surface area contributed by atoms with Gasteiger partial charge >= 0.3 is 0 Å². The lowest BCUT2D eigenvalue weighted by Crippen LogP contribution is -2.37. The van der Waals surface area contributed by atoms with E-state index in [9.17, 15) is 0 Å². The summed E-state index contributed by atoms with van der Waals surface area (Å²) in [6.07, 6.45) is 2.59. The molecule has 1 unspecified atom stereocenters. The number of likely N-dealkylation sites (tertiary alicyclic amines) is 1. The van der Waals surface area contributed by atoms with E-state index in [0.29, 0.717) is 17.4 Å². The molecule has 1 saturated heterocycles.